The van der Waals surface area contributed by atoms with Gasteiger partial charge >= 0.3 is 0 Å². The lowest BCUT2D eigenvalue weighted by atomic mass is 10.1. The third-order valence-corrected chi connectivity index (χ3v) is 3.89. The van der Waals surface area contributed by atoms with Crippen molar-refractivity contribution in [1.82, 2.24) is 9.88 Å². The lowest BCUT2D eigenvalue weighted by Gasteiger charge is -2.22. The SMILES string of the molecule is Cc1cccc(OC(C(=O)NCCCn2ccccc2=O)C(C)C)c1. The molecule has 1 N–H and O–H groups in total. The van der Waals surface area contributed by atoms with E-state index in [1.54, 1.807) is 16.8 Å². The molecule has 1 amide bonds. The quantitative estimate of drug-likeness (QED) is 0.751. The van der Waals surface area contributed by atoms with Crippen molar-refractivity contribution in [3.8, 4) is 5.75 Å². The Bertz CT molecular complexity index is 752. The Labute approximate surface area is 148 Å². The largest absolute Gasteiger partial charge is 0.480 e. The highest BCUT2D eigenvalue weighted by Crippen LogP contribution is 2.17. The summed E-state index contributed by atoms with van der Waals surface area (Å²) in [5.74, 6) is 0.624. The van der Waals surface area contributed by atoms with Crippen LogP contribution in [0, 0.1) is 12.8 Å². The van der Waals surface area contributed by atoms with Crippen molar-refractivity contribution < 1.29 is 9.53 Å². The molecule has 134 valence electrons. The molecular formula is C20H26N2O3. The van der Waals surface area contributed by atoms with E-state index < -0.39 is 6.10 Å². The molecule has 1 aromatic carbocycles. The predicted octanol–water partition coefficient (Wildman–Crippen LogP) is 2.77. The van der Waals surface area contributed by atoms with Crippen LogP contribution in [0.4, 0.5) is 0 Å². The molecule has 0 aliphatic heterocycles. The van der Waals surface area contributed by atoms with Crippen LogP contribution in [0.1, 0.15) is 25.8 Å². The minimum Gasteiger partial charge on any atom is -0.480 e. The summed E-state index contributed by atoms with van der Waals surface area (Å²) in [6, 6.07) is 12.8. The van der Waals surface area contributed by atoms with Crippen molar-refractivity contribution >= 4 is 5.91 Å². The molecule has 0 saturated carbocycles. The van der Waals surface area contributed by atoms with Crippen LogP contribution >= 0.6 is 0 Å². The molecule has 1 aromatic heterocycles. The van der Waals surface area contributed by atoms with Crippen molar-refractivity contribution in [3.63, 3.8) is 0 Å². The van der Waals surface area contributed by atoms with Gasteiger partial charge in [0.05, 0.1) is 0 Å². The van der Waals surface area contributed by atoms with Crippen LogP contribution < -0.4 is 15.6 Å². The van der Waals surface area contributed by atoms with E-state index in [1.165, 1.54) is 6.07 Å². The zero-order valence-corrected chi connectivity index (χ0v) is 15.1. The van der Waals surface area contributed by atoms with Crippen LogP contribution in [0.3, 0.4) is 0 Å². The van der Waals surface area contributed by atoms with Crippen molar-refractivity contribution in [2.45, 2.75) is 39.8 Å². The first-order valence-electron chi connectivity index (χ1n) is 8.64. The summed E-state index contributed by atoms with van der Waals surface area (Å²) in [6.07, 6.45) is 1.90. The summed E-state index contributed by atoms with van der Waals surface area (Å²) in [5, 5.41) is 2.91. The number of ether oxygens (including phenoxy) is 1. The van der Waals surface area contributed by atoms with E-state index in [0.717, 1.165) is 5.56 Å². The normalized spacial score (nSPS) is 12.0. The summed E-state index contributed by atoms with van der Waals surface area (Å²) in [5.41, 5.74) is 1.06. The number of hydrogen-bond acceptors (Lipinski definition) is 3. The van der Waals surface area contributed by atoms with Crippen LogP contribution in [-0.2, 0) is 11.3 Å². The molecule has 25 heavy (non-hydrogen) atoms. The fourth-order valence-corrected chi connectivity index (χ4v) is 2.53. The van der Waals surface area contributed by atoms with E-state index in [4.69, 9.17) is 4.74 Å². The smallest absolute Gasteiger partial charge is 0.261 e. The van der Waals surface area contributed by atoms with Gasteiger partial charge in [0.15, 0.2) is 6.10 Å². The number of nitrogens with zero attached hydrogens (tertiary/aromatic N) is 1. The summed E-state index contributed by atoms with van der Waals surface area (Å²) >= 11 is 0. The van der Waals surface area contributed by atoms with Crippen molar-refractivity contribution in [2.24, 2.45) is 5.92 Å². The van der Waals surface area contributed by atoms with E-state index in [9.17, 15) is 9.59 Å². The molecule has 1 unspecified atom stereocenters. The Kier molecular flexibility index (Phi) is 6.81. The highest BCUT2D eigenvalue weighted by Gasteiger charge is 2.23. The highest BCUT2D eigenvalue weighted by molar-refractivity contribution is 5.81. The molecule has 5 nitrogen and oxygen atoms in total. The number of benzene rings is 1. The van der Waals surface area contributed by atoms with Crippen LogP contribution in [-0.4, -0.2) is 23.1 Å². The molecule has 0 spiro atoms. The summed E-state index contributed by atoms with van der Waals surface area (Å²) in [4.78, 5) is 24.1. The van der Waals surface area contributed by atoms with Crippen LogP contribution in [0.25, 0.3) is 0 Å². The first kappa shape index (κ1) is 18.8. The fraction of sp³-hybridized carbons (Fsp3) is 0.400. The molecule has 2 rings (SSSR count). The van der Waals surface area contributed by atoms with Gasteiger partial charge in [-0.2, -0.15) is 0 Å². The highest BCUT2D eigenvalue weighted by atomic mass is 16.5. The van der Waals surface area contributed by atoms with Gasteiger partial charge in [0.25, 0.3) is 5.91 Å². The molecule has 1 atom stereocenters. The minimum atomic E-state index is -0.541. The molecule has 5 heteroatoms. The second-order valence-electron chi connectivity index (χ2n) is 6.48. The van der Waals surface area contributed by atoms with E-state index in [0.29, 0.717) is 25.3 Å². The molecule has 0 aliphatic carbocycles. The number of nitrogens with one attached hydrogen (secondary N) is 1. The number of pyridine rings is 1. The zero-order valence-electron chi connectivity index (χ0n) is 15.1. The molecule has 0 radical (unpaired) electrons. The van der Waals surface area contributed by atoms with E-state index in [2.05, 4.69) is 5.32 Å². The van der Waals surface area contributed by atoms with Gasteiger partial charge in [0, 0.05) is 25.4 Å². The van der Waals surface area contributed by atoms with Crippen molar-refractivity contribution in [3.05, 3.63) is 64.6 Å². The number of aromatic nitrogens is 1. The molecular weight excluding hydrogens is 316 g/mol. The van der Waals surface area contributed by atoms with Gasteiger partial charge in [-0.3, -0.25) is 9.59 Å². The second kappa shape index (κ2) is 9.06. The zero-order chi connectivity index (χ0) is 18.2. The fourth-order valence-electron chi connectivity index (χ4n) is 2.53. The van der Waals surface area contributed by atoms with Gasteiger partial charge in [-0.05, 0) is 43.0 Å². The molecule has 0 saturated heterocycles. The van der Waals surface area contributed by atoms with E-state index in [1.807, 2.05) is 51.1 Å². The monoisotopic (exact) mass is 342 g/mol. The maximum Gasteiger partial charge on any atom is 0.261 e. The Morgan fingerprint density at radius 2 is 2.00 bits per heavy atom. The van der Waals surface area contributed by atoms with Gasteiger partial charge in [0.2, 0.25) is 5.56 Å². The van der Waals surface area contributed by atoms with E-state index >= 15 is 0 Å². The minimum absolute atomic E-state index is 0.0309. The number of carbonyl (C=O) groups is 1. The first-order chi connectivity index (χ1) is 12.0. The number of aryl methyl sites for hydroxylation is 2. The Hall–Kier alpha value is -2.56. The summed E-state index contributed by atoms with van der Waals surface area (Å²) in [7, 11) is 0. The topological polar surface area (TPSA) is 60.3 Å². The van der Waals surface area contributed by atoms with Gasteiger partial charge in [-0.15, -0.1) is 0 Å². The van der Waals surface area contributed by atoms with Crippen LogP contribution in [0.2, 0.25) is 0 Å². The average Bonchev–Trinajstić information content (AvgIpc) is 2.57. The lowest BCUT2D eigenvalue weighted by molar-refractivity contribution is -0.129. The molecule has 0 aliphatic rings. The molecule has 1 heterocycles. The third-order valence-electron chi connectivity index (χ3n) is 3.89. The first-order valence-corrected chi connectivity index (χ1v) is 8.64. The average molecular weight is 342 g/mol. The van der Waals surface area contributed by atoms with Crippen molar-refractivity contribution in [1.29, 1.82) is 0 Å². The Morgan fingerprint density at radius 3 is 2.68 bits per heavy atom. The Balaban J connectivity index is 1.86. The standard InChI is InChI=1S/C20H26N2O3/c1-15(2)19(25-17-9-6-8-16(3)14-17)20(24)21-11-7-13-22-12-5-4-10-18(22)23/h4-6,8-10,12,14-15,19H,7,11,13H2,1-3H3,(H,21,24). The number of rotatable bonds is 8. The molecule has 2 aromatic rings. The third kappa shape index (κ3) is 5.78. The maximum atomic E-state index is 12.4. The predicted molar refractivity (Wildman–Crippen MR) is 98.8 cm³/mol. The number of amides is 1. The van der Waals surface area contributed by atoms with Crippen LogP contribution in [0.5, 0.6) is 5.75 Å². The molecule has 0 bridgehead atoms. The summed E-state index contributed by atoms with van der Waals surface area (Å²) < 4.78 is 7.52. The van der Waals surface area contributed by atoms with Crippen LogP contribution in [0.15, 0.2) is 53.5 Å². The summed E-state index contributed by atoms with van der Waals surface area (Å²) in [6.45, 7) is 6.99. The number of hydrogen-bond donors (Lipinski definition) is 1. The maximum absolute atomic E-state index is 12.4. The molecule has 0 fully saturated rings. The van der Waals surface area contributed by atoms with E-state index in [-0.39, 0.29) is 17.4 Å². The van der Waals surface area contributed by atoms with Gasteiger partial charge in [-0.25, -0.2) is 0 Å². The second-order valence-corrected chi connectivity index (χ2v) is 6.48. The lowest BCUT2D eigenvalue weighted by Crippen LogP contribution is -2.42. The Morgan fingerprint density at radius 1 is 1.20 bits per heavy atom. The van der Waals surface area contributed by atoms with Gasteiger partial charge < -0.3 is 14.6 Å². The van der Waals surface area contributed by atoms with Gasteiger partial charge in [-0.1, -0.05) is 32.0 Å². The number of carbonyl (C=O) groups excluding carboxylic acids is 1. The van der Waals surface area contributed by atoms with Gasteiger partial charge in [0.1, 0.15) is 5.75 Å². The van der Waals surface area contributed by atoms with Crippen molar-refractivity contribution in [2.75, 3.05) is 6.54 Å².